The van der Waals surface area contributed by atoms with Crippen LogP contribution in [-0.2, 0) is 16.9 Å². The fraction of sp³-hybridized carbons (Fsp3) is 0.750. The molecule has 0 bridgehead atoms. The predicted molar refractivity (Wildman–Crippen MR) is 65.7 cm³/mol. The molecule has 18 heavy (non-hydrogen) atoms. The lowest BCUT2D eigenvalue weighted by atomic mass is 10.1. The molecule has 0 atom stereocenters. The third-order valence-corrected chi connectivity index (χ3v) is 3.17. The SMILES string of the molecule is CC(C)(O)c1cn(CC(=O)N2CCCCC2)nn1. The Morgan fingerprint density at radius 3 is 2.61 bits per heavy atom. The number of amides is 1. The van der Waals surface area contributed by atoms with Crippen molar-refractivity contribution in [3.63, 3.8) is 0 Å². The van der Waals surface area contributed by atoms with Crippen LogP contribution in [0.5, 0.6) is 0 Å². The van der Waals surface area contributed by atoms with Crippen LogP contribution >= 0.6 is 0 Å². The molecular weight excluding hydrogens is 232 g/mol. The van der Waals surface area contributed by atoms with Crippen molar-refractivity contribution < 1.29 is 9.90 Å². The van der Waals surface area contributed by atoms with E-state index < -0.39 is 5.60 Å². The molecule has 0 saturated carbocycles. The maximum atomic E-state index is 12.0. The zero-order valence-corrected chi connectivity index (χ0v) is 11.0. The van der Waals surface area contributed by atoms with Gasteiger partial charge >= 0.3 is 0 Å². The summed E-state index contributed by atoms with van der Waals surface area (Å²) in [7, 11) is 0. The van der Waals surface area contributed by atoms with E-state index in [4.69, 9.17) is 0 Å². The Kier molecular flexibility index (Phi) is 3.65. The number of hydrogen-bond donors (Lipinski definition) is 1. The Morgan fingerprint density at radius 1 is 1.39 bits per heavy atom. The molecule has 6 nitrogen and oxygen atoms in total. The van der Waals surface area contributed by atoms with E-state index in [1.807, 2.05) is 4.90 Å². The van der Waals surface area contributed by atoms with Gasteiger partial charge in [0.15, 0.2) is 0 Å². The van der Waals surface area contributed by atoms with E-state index in [2.05, 4.69) is 10.3 Å². The molecule has 2 rings (SSSR count). The van der Waals surface area contributed by atoms with Gasteiger partial charge in [0.1, 0.15) is 17.8 Å². The highest BCUT2D eigenvalue weighted by Crippen LogP contribution is 2.16. The molecule has 2 heterocycles. The minimum absolute atomic E-state index is 0.0712. The van der Waals surface area contributed by atoms with Gasteiger partial charge in [0.25, 0.3) is 0 Å². The largest absolute Gasteiger partial charge is 0.384 e. The Morgan fingerprint density at radius 2 is 2.06 bits per heavy atom. The van der Waals surface area contributed by atoms with Gasteiger partial charge in [-0.05, 0) is 33.1 Å². The average Bonchev–Trinajstić information content (AvgIpc) is 2.78. The molecule has 0 aromatic carbocycles. The van der Waals surface area contributed by atoms with E-state index >= 15 is 0 Å². The molecule has 1 N–H and O–H groups in total. The lowest BCUT2D eigenvalue weighted by Gasteiger charge is -2.26. The van der Waals surface area contributed by atoms with E-state index in [9.17, 15) is 9.90 Å². The van der Waals surface area contributed by atoms with Crippen LogP contribution in [0, 0.1) is 0 Å². The van der Waals surface area contributed by atoms with Gasteiger partial charge in [0.2, 0.25) is 5.91 Å². The van der Waals surface area contributed by atoms with Gasteiger partial charge in [0, 0.05) is 13.1 Å². The van der Waals surface area contributed by atoms with Gasteiger partial charge in [-0.2, -0.15) is 0 Å². The number of hydrogen-bond acceptors (Lipinski definition) is 4. The van der Waals surface area contributed by atoms with Crippen molar-refractivity contribution in [1.82, 2.24) is 19.9 Å². The summed E-state index contributed by atoms with van der Waals surface area (Å²) >= 11 is 0. The maximum absolute atomic E-state index is 12.0. The van der Waals surface area contributed by atoms with Crippen LogP contribution in [-0.4, -0.2) is 44.0 Å². The van der Waals surface area contributed by atoms with E-state index in [1.54, 1.807) is 20.0 Å². The highest BCUT2D eigenvalue weighted by Gasteiger charge is 2.22. The zero-order chi connectivity index (χ0) is 13.2. The van der Waals surface area contributed by atoms with Gasteiger partial charge in [-0.1, -0.05) is 5.21 Å². The summed E-state index contributed by atoms with van der Waals surface area (Å²) in [6.07, 6.45) is 4.99. The molecule has 0 spiro atoms. The first-order valence-electron chi connectivity index (χ1n) is 6.37. The van der Waals surface area contributed by atoms with E-state index in [0.717, 1.165) is 25.9 Å². The molecule has 1 saturated heterocycles. The normalized spacial score (nSPS) is 16.9. The molecule has 1 aliphatic rings. The van der Waals surface area contributed by atoms with Crippen molar-refractivity contribution >= 4 is 5.91 Å². The van der Waals surface area contributed by atoms with Crippen LogP contribution in [0.2, 0.25) is 0 Å². The number of carbonyl (C=O) groups is 1. The molecule has 1 aliphatic heterocycles. The van der Waals surface area contributed by atoms with Crippen molar-refractivity contribution in [3.05, 3.63) is 11.9 Å². The molecule has 0 radical (unpaired) electrons. The summed E-state index contributed by atoms with van der Waals surface area (Å²) in [4.78, 5) is 13.9. The topological polar surface area (TPSA) is 71.2 Å². The summed E-state index contributed by atoms with van der Waals surface area (Å²) < 4.78 is 1.49. The van der Waals surface area contributed by atoms with Gasteiger partial charge in [-0.3, -0.25) is 4.79 Å². The summed E-state index contributed by atoms with van der Waals surface area (Å²) in [5.74, 6) is 0.0712. The third-order valence-electron chi connectivity index (χ3n) is 3.17. The minimum Gasteiger partial charge on any atom is -0.384 e. The van der Waals surface area contributed by atoms with Gasteiger partial charge < -0.3 is 10.0 Å². The molecule has 6 heteroatoms. The van der Waals surface area contributed by atoms with E-state index in [1.165, 1.54) is 11.1 Å². The number of carbonyl (C=O) groups excluding carboxylic acids is 1. The monoisotopic (exact) mass is 252 g/mol. The first-order valence-corrected chi connectivity index (χ1v) is 6.37. The number of likely N-dealkylation sites (tertiary alicyclic amines) is 1. The number of aromatic nitrogens is 3. The quantitative estimate of drug-likeness (QED) is 0.851. The highest BCUT2D eigenvalue weighted by atomic mass is 16.3. The molecule has 1 aromatic rings. The highest BCUT2D eigenvalue weighted by molar-refractivity contribution is 5.75. The summed E-state index contributed by atoms with van der Waals surface area (Å²) in [5, 5.41) is 17.5. The fourth-order valence-electron chi connectivity index (χ4n) is 2.04. The molecule has 100 valence electrons. The van der Waals surface area contributed by atoms with Crippen LogP contribution in [0.1, 0.15) is 38.8 Å². The average molecular weight is 252 g/mol. The fourth-order valence-corrected chi connectivity index (χ4v) is 2.04. The van der Waals surface area contributed by atoms with Crippen molar-refractivity contribution in [1.29, 1.82) is 0 Å². The van der Waals surface area contributed by atoms with E-state index in [0.29, 0.717) is 5.69 Å². The second kappa shape index (κ2) is 5.06. The second-order valence-corrected chi connectivity index (χ2v) is 5.30. The Hall–Kier alpha value is -1.43. The number of nitrogens with zero attached hydrogens (tertiary/aromatic N) is 4. The third kappa shape index (κ3) is 3.07. The van der Waals surface area contributed by atoms with Crippen molar-refractivity contribution in [3.8, 4) is 0 Å². The van der Waals surface area contributed by atoms with Gasteiger partial charge in [-0.15, -0.1) is 5.10 Å². The van der Waals surface area contributed by atoms with Crippen molar-refractivity contribution in [2.24, 2.45) is 0 Å². The van der Waals surface area contributed by atoms with Crippen LogP contribution < -0.4 is 0 Å². The molecule has 0 aliphatic carbocycles. The lowest BCUT2D eigenvalue weighted by molar-refractivity contribution is -0.132. The van der Waals surface area contributed by atoms with Crippen LogP contribution in [0.3, 0.4) is 0 Å². The minimum atomic E-state index is -1.02. The lowest BCUT2D eigenvalue weighted by Crippen LogP contribution is -2.37. The molecule has 1 amide bonds. The van der Waals surface area contributed by atoms with Crippen LogP contribution in [0.25, 0.3) is 0 Å². The van der Waals surface area contributed by atoms with Gasteiger partial charge in [0.05, 0.1) is 6.20 Å². The number of rotatable bonds is 3. The smallest absolute Gasteiger partial charge is 0.244 e. The van der Waals surface area contributed by atoms with E-state index in [-0.39, 0.29) is 12.5 Å². The van der Waals surface area contributed by atoms with Crippen molar-refractivity contribution in [2.75, 3.05) is 13.1 Å². The summed E-state index contributed by atoms with van der Waals surface area (Å²) in [6, 6.07) is 0. The molecule has 0 unspecified atom stereocenters. The molecular formula is C12H20N4O2. The standard InChI is InChI=1S/C12H20N4O2/c1-12(2,18)10-8-16(14-13-10)9-11(17)15-6-4-3-5-7-15/h8,18H,3-7,9H2,1-2H3. The first kappa shape index (κ1) is 13.0. The zero-order valence-electron chi connectivity index (χ0n) is 11.0. The Bertz CT molecular complexity index is 416. The molecule has 1 aromatic heterocycles. The maximum Gasteiger partial charge on any atom is 0.244 e. The molecule has 1 fully saturated rings. The summed E-state index contributed by atoms with van der Waals surface area (Å²) in [6.45, 7) is 5.17. The Labute approximate surface area is 107 Å². The summed E-state index contributed by atoms with van der Waals surface area (Å²) in [5.41, 5.74) is -0.541. The van der Waals surface area contributed by atoms with Crippen LogP contribution in [0.15, 0.2) is 6.20 Å². The predicted octanol–water partition coefficient (Wildman–Crippen LogP) is 0.518. The van der Waals surface area contributed by atoms with Crippen LogP contribution in [0.4, 0.5) is 0 Å². The van der Waals surface area contributed by atoms with Crippen molar-refractivity contribution in [2.45, 2.75) is 45.3 Å². The first-order chi connectivity index (χ1) is 8.47. The van der Waals surface area contributed by atoms with Gasteiger partial charge in [-0.25, -0.2) is 4.68 Å². The Balaban J connectivity index is 1.96. The number of aliphatic hydroxyl groups is 1. The second-order valence-electron chi connectivity index (χ2n) is 5.30. The number of piperidine rings is 1.